The van der Waals surface area contributed by atoms with E-state index in [2.05, 4.69) is 33.8 Å². The summed E-state index contributed by atoms with van der Waals surface area (Å²) in [5, 5.41) is 158. The second-order valence-electron chi connectivity index (χ2n) is 25.7. The van der Waals surface area contributed by atoms with E-state index in [0.717, 1.165) is 18.4 Å². The van der Waals surface area contributed by atoms with Crippen molar-refractivity contribution in [3.8, 4) is 0 Å². The average Bonchev–Trinajstić information content (AvgIpc) is 2.95. The normalized spacial score (nSPS) is 50.5. The van der Waals surface area contributed by atoms with Crippen LogP contribution in [0.1, 0.15) is 107 Å². The highest BCUT2D eigenvalue weighted by Crippen LogP contribution is 2.74. The van der Waals surface area contributed by atoms with Gasteiger partial charge in [0, 0.05) is 17.3 Å². The number of allylic oxidation sites excluding steroid dienone is 1. The highest BCUT2D eigenvalue weighted by Gasteiger charge is 2.70. The summed E-state index contributed by atoms with van der Waals surface area (Å²) in [7, 11) is 0. The lowest BCUT2D eigenvalue weighted by Crippen LogP contribution is -2.64. The Morgan fingerprint density at radius 3 is 1.56 bits per heavy atom. The van der Waals surface area contributed by atoms with Crippen molar-refractivity contribution in [2.24, 2.45) is 45.3 Å². The maximum absolute atomic E-state index is 15.2. The fourth-order valence-electron chi connectivity index (χ4n) is 15.3. The maximum Gasteiger partial charge on any atom is 0.187 e. The van der Waals surface area contributed by atoms with Gasteiger partial charge in [-0.05, 0) is 93.3 Å². The molecule has 3 saturated carbocycles. The van der Waals surface area contributed by atoms with E-state index in [9.17, 15) is 76.6 Å². The van der Waals surface area contributed by atoms with Crippen molar-refractivity contribution in [2.45, 2.75) is 247 Å². The largest absolute Gasteiger partial charge is 0.394 e. The first-order chi connectivity index (χ1) is 36.4. The minimum atomic E-state index is -1.78. The fourth-order valence-corrected chi connectivity index (χ4v) is 15.3. The second-order valence-corrected chi connectivity index (χ2v) is 25.7. The number of ketones is 1. The summed E-state index contributed by atoms with van der Waals surface area (Å²) in [4.78, 5) is 15.2. The van der Waals surface area contributed by atoms with Crippen LogP contribution in [-0.4, -0.2) is 249 Å². The average molecular weight is 1120 g/mol. The number of rotatable bonds is 17. The van der Waals surface area contributed by atoms with Crippen molar-refractivity contribution < 1.29 is 119 Å². The Morgan fingerprint density at radius 2 is 1.06 bits per heavy atom. The van der Waals surface area contributed by atoms with E-state index >= 15 is 4.79 Å². The molecule has 7 fully saturated rings. The zero-order chi connectivity index (χ0) is 57.5. The van der Waals surface area contributed by atoms with E-state index in [4.69, 9.17) is 37.9 Å². The molecule has 0 spiro atoms. The Bertz CT molecular complexity index is 2070. The van der Waals surface area contributed by atoms with Crippen LogP contribution in [0.15, 0.2) is 11.6 Å². The van der Waals surface area contributed by atoms with E-state index in [1.54, 1.807) is 13.8 Å². The highest BCUT2D eigenvalue weighted by molar-refractivity contribution is 5.88. The molecule has 0 radical (unpaired) electrons. The van der Waals surface area contributed by atoms with Crippen molar-refractivity contribution >= 4 is 5.78 Å². The van der Waals surface area contributed by atoms with Crippen LogP contribution in [0.4, 0.5) is 0 Å². The molecule has 450 valence electrons. The number of Topliss-reactive ketones (excluding diaryl/α,β-unsaturated/α-hetero) is 1. The summed E-state index contributed by atoms with van der Waals surface area (Å²) in [5.41, 5.74) is -2.49. The summed E-state index contributed by atoms with van der Waals surface area (Å²) in [6.45, 7) is 13.6. The standard InChI is InChI=1S/C54H90O24/c1-22(9-13-33(51(4,5)70)78-49-45(69)41(65)37(61)29(76-49)21-72-47-43(67)39(63)35(59)27(19-56)74-47)23-15-16-52(6)30-12-10-24-25(54(30,8)31(57)17-53(23,52)7)11-14-32(50(24,2)3)77-48-44(68)40(64)36(60)28(75-48)20-71-46-42(66)38(62)34(58)26(18-55)73-46/h10,22-23,25-30,32-49,55-56,58-70H,9,11-21H2,1-8H3/t22-,23?,25?,26-,27-,28-,29-,30?,32+,33-,34-,35-,36-,37-,38+,39+,40+,41+,42-,43-,44-,45-,46-,47-,48+,49+,52+,53-,54+/m1/s1. The van der Waals surface area contributed by atoms with Crippen LogP contribution >= 0.6 is 0 Å². The molecular formula is C54H90O24. The molecule has 8 aliphatic rings. The zero-order valence-corrected chi connectivity index (χ0v) is 46.0. The summed E-state index contributed by atoms with van der Waals surface area (Å²) in [6.07, 6.45) is -26.3. The molecular weight excluding hydrogens is 1030 g/mol. The van der Waals surface area contributed by atoms with E-state index in [1.807, 2.05) is 13.8 Å². The Labute approximate surface area is 454 Å². The second kappa shape index (κ2) is 23.5. The van der Waals surface area contributed by atoms with E-state index < -0.39 is 183 Å². The summed E-state index contributed by atoms with van der Waals surface area (Å²) < 4.78 is 46.8. The third-order valence-corrected chi connectivity index (χ3v) is 20.5. The fraction of sp³-hybridized carbons (Fsp3) is 0.944. The van der Waals surface area contributed by atoms with Gasteiger partial charge in [-0.25, -0.2) is 0 Å². The lowest BCUT2D eigenvalue weighted by molar-refractivity contribution is -0.341. The molecule has 24 nitrogen and oxygen atoms in total. The molecule has 4 aliphatic heterocycles. The topological polar surface area (TPSA) is 394 Å². The molecule has 0 aromatic heterocycles. The Balaban J connectivity index is 0.910. The van der Waals surface area contributed by atoms with Crippen molar-refractivity contribution in [3.63, 3.8) is 0 Å². The Kier molecular flexibility index (Phi) is 18.8. The van der Waals surface area contributed by atoms with Gasteiger partial charge in [0.1, 0.15) is 103 Å². The van der Waals surface area contributed by atoms with E-state index in [0.29, 0.717) is 32.1 Å². The molecule has 4 heterocycles. The third-order valence-electron chi connectivity index (χ3n) is 20.5. The molecule has 8 rings (SSSR count). The predicted molar refractivity (Wildman–Crippen MR) is 267 cm³/mol. The van der Waals surface area contributed by atoms with Gasteiger partial charge in [-0.2, -0.15) is 0 Å². The van der Waals surface area contributed by atoms with Crippen molar-refractivity contribution in [3.05, 3.63) is 11.6 Å². The van der Waals surface area contributed by atoms with Crippen LogP contribution < -0.4 is 0 Å². The highest BCUT2D eigenvalue weighted by atomic mass is 16.7. The quantitative estimate of drug-likeness (QED) is 0.0645. The van der Waals surface area contributed by atoms with Crippen LogP contribution in [0.5, 0.6) is 0 Å². The van der Waals surface area contributed by atoms with Crippen LogP contribution in [0, 0.1) is 45.3 Å². The zero-order valence-electron chi connectivity index (χ0n) is 46.0. The lowest BCUT2D eigenvalue weighted by Gasteiger charge is -2.65. The lowest BCUT2D eigenvalue weighted by atomic mass is 9.38. The Morgan fingerprint density at radius 1 is 0.603 bits per heavy atom. The first-order valence-corrected chi connectivity index (χ1v) is 27.9. The van der Waals surface area contributed by atoms with E-state index in [-0.39, 0.29) is 41.3 Å². The molecule has 24 heteroatoms. The minimum absolute atomic E-state index is 0.00290. The number of hydrogen-bond acceptors (Lipinski definition) is 24. The molecule has 0 aromatic rings. The summed E-state index contributed by atoms with van der Waals surface area (Å²) >= 11 is 0. The van der Waals surface area contributed by atoms with Crippen LogP contribution in [0.25, 0.3) is 0 Å². The molecule has 0 aromatic carbocycles. The van der Waals surface area contributed by atoms with Gasteiger partial charge in [-0.1, -0.05) is 53.2 Å². The first kappa shape index (κ1) is 62.5. The molecule has 29 atom stereocenters. The summed E-state index contributed by atoms with van der Waals surface area (Å²) in [5.74, 6) is 0.195. The van der Waals surface area contributed by atoms with Crippen LogP contribution in [0.2, 0.25) is 0 Å². The van der Waals surface area contributed by atoms with Crippen molar-refractivity contribution in [1.29, 1.82) is 0 Å². The maximum atomic E-state index is 15.2. The monoisotopic (exact) mass is 1120 g/mol. The van der Waals surface area contributed by atoms with E-state index in [1.165, 1.54) is 0 Å². The Hall–Kier alpha value is -1.51. The predicted octanol–water partition coefficient (Wildman–Crippen LogP) is -3.02. The molecule has 0 amide bonds. The molecule has 78 heavy (non-hydrogen) atoms. The van der Waals surface area contributed by atoms with Crippen molar-refractivity contribution in [1.82, 2.24) is 0 Å². The number of fused-ring (bicyclic) bond motifs is 5. The number of aliphatic hydroxyl groups excluding tert-OH is 14. The molecule has 4 aliphatic carbocycles. The third kappa shape index (κ3) is 11.0. The van der Waals surface area contributed by atoms with Gasteiger partial charge in [-0.15, -0.1) is 0 Å². The molecule has 0 bridgehead atoms. The smallest absolute Gasteiger partial charge is 0.187 e. The van der Waals surface area contributed by atoms with Gasteiger partial charge >= 0.3 is 0 Å². The number of aliphatic hydroxyl groups is 15. The minimum Gasteiger partial charge on any atom is -0.394 e. The first-order valence-electron chi connectivity index (χ1n) is 27.9. The number of hydrogen-bond donors (Lipinski definition) is 15. The van der Waals surface area contributed by atoms with Gasteiger partial charge in [0.25, 0.3) is 0 Å². The molecule has 15 N–H and O–H groups in total. The van der Waals surface area contributed by atoms with Crippen LogP contribution in [0.3, 0.4) is 0 Å². The SMILES string of the molecule is C[C@H](CC[C@@H](O[C@@H]1O[C@H](CO[C@@H]2O[C@H](CO)[C@@H](O)[C@H](O)[C@H]2O)[C@@H](O)[C@H](O)[C@H]1O)C(C)(C)O)C1CC[C@@]2(C)C3CC=C4C(CC[C@H](O[C@@H]5O[C@H](CO[C@@H]6O[C@H](CO)[C@@H](O)[C@H](O)[C@H]6O)[C@@H](O)[C@H](O)[C@H]5O)C4(C)C)[C@]3(C)C(=O)C[C@]12C. The van der Waals surface area contributed by atoms with Gasteiger partial charge in [0.05, 0.1) is 44.2 Å². The molecule has 3 unspecified atom stereocenters. The number of ether oxygens (including phenoxy) is 8. The number of carbonyl (C=O) groups is 1. The van der Waals surface area contributed by atoms with Gasteiger partial charge in [-0.3, -0.25) is 4.79 Å². The van der Waals surface area contributed by atoms with Gasteiger partial charge < -0.3 is 114 Å². The molecule has 4 saturated heterocycles. The van der Waals surface area contributed by atoms with Gasteiger partial charge in [0.15, 0.2) is 25.2 Å². The number of carbonyl (C=O) groups excluding carboxylic acids is 1. The van der Waals surface area contributed by atoms with Gasteiger partial charge in [0.2, 0.25) is 0 Å². The van der Waals surface area contributed by atoms with Crippen LogP contribution in [-0.2, 0) is 42.7 Å². The van der Waals surface area contributed by atoms with Crippen molar-refractivity contribution in [2.75, 3.05) is 26.4 Å². The summed E-state index contributed by atoms with van der Waals surface area (Å²) in [6, 6.07) is 0.